The normalized spacial score (nSPS) is 16.5. The van der Waals surface area contributed by atoms with Gasteiger partial charge in [-0.25, -0.2) is 4.68 Å². The lowest BCUT2D eigenvalue weighted by atomic mass is 9.97. The monoisotopic (exact) mass is 284 g/mol. The number of hydrogen-bond donors (Lipinski definition) is 1. The van der Waals surface area contributed by atoms with E-state index in [0.29, 0.717) is 0 Å². The Balaban J connectivity index is 1.54. The Kier molecular flexibility index (Phi) is 4.68. The lowest BCUT2D eigenvalue weighted by Gasteiger charge is -2.27. The quantitative estimate of drug-likeness (QED) is 0.914. The van der Waals surface area contributed by atoms with Gasteiger partial charge in [0, 0.05) is 25.5 Å². The SMILES string of the molecule is CN(Cc1ccc(-n2cccn2)cc1)CC1CCNCC1. The predicted molar refractivity (Wildman–Crippen MR) is 85.5 cm³/mol. The molecule has 3 rings (SSSR count). The molecule has 1 aromatic carbocycles. The molecule has 0 aliphatic carbocycles. The zero-order valence-corrected chi connectivity index (χ0v) is 12.7. The number of benzene rings is 1. The molecule has 0 radical (unpaired) electrons. The zero-order chi connectivity index (χ0) is 14.5. The molecule has 0 saturated carbocycles. The van der Waals surface area contributed by atoms with Crippen LogP contribution in [0.4, 0.5) is 0 Å². The van der Waals surface area contributed by atoms with Crippen LogP contribution in [-0.4, -0.2) is 41.4 Å². The molecular formula is C17H24N4. The third-order valence-corrected chi connectivity index (χ3v) is 4.19. The average molecular weight is 284 g/mol. The maximum absolute atomic E-state index is 4.25. The molecule has 2 heterocycles. The van der Waals surface area contributed by atoms with Crippen molar-refractivity contribution in [3.63, 3.8) is 0 Å². The highest BCUT2D eigenvalue weighted by molar-refractivity contribution is 5.33. The van der Waals surface area contributed by atoms with Gasteiger partial charge < -0.3 is 10.2 Å². The van der Waals surface area contributed by atoms with Gasteiger partial charge in [-0.3, -0.25) is 0 Å². The molecular weight excluding hydrogens is 260 g/mol. The summed E-state index contributed by atoms with van der Waals surface area (Å²) in [5.41, 5.74) is 2.48. The van der Waals surface area contributed by atoms with Gasteiger partial charge in [-0.15, -0.1) is 0 Å². The van der Waals surface area contributed by atoms with Crippen LogP contribution < -0.4 is 5.32 Å². The number of hydrogen-bond acceptors (Lipinski definition) is 3. The lowest BCUT2D eigenvalue weighted by molar-refractivity contribution is 0.234. The first-order chi connectivity index (χ1) is 10.3. The van der Waals surface area contributed by atoms with E-state index in [1.54, 1.807) is 6.20 Å². The van der Waals surface area contributed by atoms with E-state index in [9.17, 15) is 0 Å². The molecule has 1 N–H and O–H groups in total. The molecule has 21 heavy (non-hydrogen) atoms. The molecule has 0 atom stereocenters. The molecule has 0 spiro atoms. The smallest absolute Gasteiger partial charge is 0.0645 e. The Morgan fingerprint density at radius 2 is 2.00 bits per heavy atom. The van der Waals surface area contributed by atoms with Gasteiger partial charge in [0.1, 0.15) is 0 Å². The van der Waals surface area contributed by atoms with E-state index >= 15 is 0 Å². The number of aromatic nitrogens is 2. The fourth-order valence-corrected chi connectivity index (χ4v) is 3.06. The number of rotatable bonds is 5. The molecule has 0 unspecified atom stereocenters. The highest BCUT2D eigenvalue weighted by Gasteiger charge is 2.15. The van der Waals surface area contributed by atoms with Crippen LogP contribution in [0, 0.1) is 5.92 Å². The molecule has 112 valence electrons. The first kappa shape index (κ1) is 14.3. The Hall–Kier alpha value is -1.65. The van der Waals surface area contributed by atoms with E-state index in [-0.39, 0.29) is 0 Å². The first-order valence-corrected chi connectivity index (χ1v) is 7.79. The molecule has 0 bridgehead atoms. The summed E-state index contributed by atoms with van der Waals surface area (Å²) in [6, 6.07) is 10.6. The zero-order valence-electron chi connectivity index (χ0n) is 12.7. The third-order valence-electron chi connectivity index (χ3n) is 4.19. The van der Waals surface area contributed by atoms with E-state index < -0.39 is 0 Å². The lowest BCUT2D eigenvalue weighted by Crippen LogP contribution is -2.34. The summed E-state index contributed by atoms with van der Waals surface area (Å²) >= 11 is 0. The topological polar surface area (TPSA) is 33.1 Å². The van der Waals surface area contributed by atoms with Crippen molar-refractivity contribution in [3.8, 4) is 5.69 Å². The van der Waals surface area contributed by atoms with Crippen LogP contribution in [-0.2, 0) is 6.54 Å². The Labute approximate surface area is 126 Å². The van der Waals surface area contributed by atoms with Crippen molar-refractivity contribution in [2.45, 2.75) is 19.4 Å². The van der Waals surface area contributed by atoms with Gasteiger partial charge in [0.05, 0.1) is 5.69 Å². The van der Waals surface area contributed by atoms with E-state index in [4.69, 9.17) is 0 Å². The van der Waals surface area contributed by atoms with E-state index in [1.807, 2.05) is 16.9 Å². The highest BCUT2D eigenvalue weighted by Crippen LogP contribution is 2.15. The summed E-state index contributed by atoms with van der Waals surface area (Å²) < 4.78 is 1.89. The van der Waals surface area contributed by atoms with E-state index in [1.165, 1.54) is 38.0 Å². The van der Waals surface area contributed by atoms with Crippen LogP contribution in [0.2, 0.25) is 0 Å². The highest BCUT2D eigenvalue weighted by atomic mass is 15.3. The number of nitrogens with one attached hydrogen (secondary N) is 1. The average Bonchev–Trinajstić information content (AvgIpc) is 3.03. The van der Waals surface area contributed by atoms with Gasteiger partial charge in [0.25, 0.3) is 0 Å². The van der Waals surface area contributed by atoms with Crippen LogP contribution in [0.1, 0.15) is 18.4 Å². The molecule has 2 aromatic rings. The minimum absolute atomic E-state index is 0.847. The summed E-state index contributed by atoms with van der Waals surface area (Å²) in [5, 5.41) is 7.69. The van der Waals surface area contributed by atoms with Crippen molar-refractivity contribution >= 4 is 0 Å². The summed E-state index contributed by atoms with van der Waals surface area (Å²) in [6.45, 7) is 4.57. The molecule has 1 aromatic heterocycles. The molecule has 1 aliphatic rings. The van der Waals surface area contributed by atoms with Crippen LogP contribution in [0.5, 0.6) is 0 Å². The predicted octanol–water partition coefficient (Wildman–Crippen LogP) is 2.30. The first-order valence-electron chi connectivity index (χ1n) is 7.79. The van der Waals surface area contributed by atoms with Crippen LogP contribution in [0.25, 0.3) is 5.69 Å². The minimum Gasteiger partial charge on any atom is -0.317 e. The van der Waals surface area contributed by atoms with Gasteiger partial charge in [-0.1, -0.05) is 12.1 Å². The van der Waals surface area contributed by atoms with Crippen molar-refractivity contribution in [1.82, 2.24) is 20.0 Å². The molecule has 4 heteroatoms. The third kappa shape index (κ3) is 3.93. The molecule has 1 fully saturated rings. The second-order valence-corrected chi connectivity index (χ2v) is 6.01. The maximum atomic E-state index is 4.25. The van der Waals surface area contributed by atoms with Crippen molar-refractivity contribution < 1.29 is 0 Å². The number of piperidine rings is 1. The molecule has 1 aliphatic heterocycles. The Bertz CT molecular complexity index is 526. The van der Waals surface area contributed by atoms with Crippen LogP contribution >= 0.6 is 0 Å². The van der Waals surface area contributed by atoms with Gasteiger partial charge in [0.15, 0.2) is 0 Å². The summed E-state index contributed by atoms with van der Waals surface area (Å²) in [6.07, 6.45) is 6.39. The summed E-state index contributed by atoms with van der Waals surface area (Å²) in [7, 11) is 2.23. The second-order valence-electron chi connectivity index (χ2n) is 6.01. The largest absolute Gasteiger partial charge is 0.317 e. The Morgan fingerprint density at radius 1 is 1.24 bits per heavy atom. The molecule has 1 saturated heterocycles. The van der Waals surface area contributed by atoms with Gasteiger partial charge >= 0.3 is 0 Å². The molecule has 4 nitrogen and oxygen atoms in total. The van der Waals surface area contributed by atoms with Crippen LogP contribution in [0.15, 0.2) is 42.7 Å². The second kappa shape index (κ2) is 6.87. The van der Waals surface area contributed by atoms with Gasteiger partial charge in [-0.05, 0) is 62.7 Å². The molecule has 0 amide bonds. The van der Waals surface area contributed by atoms with Crippen LogP contribution in [0.3, 0.4) is 0 Å². The Morgan fingerprint density at radius 3 is 2.67 bits per heavy atom. The maximum Gasteiger partial charge on any atom is 0.0645 e. The summed E-state index contributed by atoms with van der Waals surface area (Å²) in [5.74, 6) is 0.847. The van der Waals surface area contributed by atoms with Crippen molar-refractivity contribution in [1.29, 1.82) is 0 Å². The fraction of sp³-hybridized carbons (Fsp3) is 0.471. The standard InChI is InChI=1S/C17H24N4/c1-20(14-16-7-10-18-11-8-16)13-15-3-5-17(6-4-15)21-12-2-9-19-21/h2-6,9,12,16,18H,7-8,10-11,13-14H2,1H3. The van der Waals surface area contributed by atoms with Crippen molar-refractivity contribution in [2.75, 3.05) is 26.7 Å². The minimum atomic E-state index is 0.847. The van der Waals surface area contributed by atoms with Gasteiger partial charge in [0.2, 0.25) is 0 Å². The van der Waals surface area contributed by atoms with E-state index in [2.05, 4.69) is 46.6 Å². The van der Waals surface area contributed by atoms with Crippen molar-refractivity contribution in [3.05, 3.63) is 48.3 Å². The van der Waals surface area contributed by atoms with Crippen molar-refractivity contribution in [2.24, 2.45) is 5.92 Å². The van der Waals surface area contributed by atoms with E-state index in [0.717, 1.165) is 18.2 Å². The van der Waals surface area contributed by atoms with Gasteiger partial charge in [-0.2, -0.15) is 5.10 Å². The number of nitrogens with zero attached hydrogens (tertiary/aromatic N) is 3. The summed E-state index contributed by atoms with van der Waals surface area (Å²) in [4.78, 5) is 2.44. The fourth-order valence-electron chi connectivity index (χ4n) is 3.06.